The first kappa shape index (κ1) is 32.5. The van der Waals surface area contributed by atoms with Crippen LogP contribution < -0.4 is 14.8 Å². The van der Waals surface area contributed by atoms with Gasteiger partial charge in [-0.2, -0.15) is 0 Å². The molecule has 0 saturated carbocycles. The van der Waals surface area contributed by atoms with Gasteiger partial charge < -0.3 is 35.0 Å². The number of ether oxygens (including phenoxy) is 2. The Kier molecular flexibility index (Phi) is 12.1. The number of nitrogens with one attached hydrogen (secondary N) is 1. The lowest BCUT2D eigenvalue weighted by atomic mass is 9.87. The van der Waals surface area contributed by atoms with E-state index >= 15 is 0 Å². The van der Waals surface area contributed by atoms with Crippen molar-refractivity contribution in [2.75, 3.05) is 26.8 Å². The number of carbonyl (C=O) groups excluding carboxylic acids is 2. The van der Waals surface area contributed by atoms with Gasteiger partial charge >= 0.3 is 0 Å². The number of hydrogen-bond acceptors (Lipinski definition) is 7. The standard InChI is InChI=1S/C30H36FIN2O7/c1-18(2)11-27(37)34(9-7-19-5-4-6-22(31)12-19)24-15-21(30(39)33-8-10-35)16-25(28(24)38)41-29-23(32)13-20(17-36)14-26(29)40-3/h4-6,11-14,16,24-25,28,35-36,38H,7-10,15,17H2,1-3H3,(H,33,39)/t24-,25+,28+/m1/s1. The first-order chi connectivity index (χ1) is 19.6. The molecule has 2 amide bonds. The first-order valence-electron chi connectivity index (χ1n) is 13.2. The quantitative estimate of drug-likeness (QED) is 0.200. The average Bonchev–Trinajstić information content (AvgIpc) is 2.93. The van der Waals surface area contributed by atoms with Gasteiger partial charge in [0.2, 0.25) is 11.8 Å². The van der Waals surface area contributed by atoms with Crippen LogP contribution in [0.15, 0.2) is 59.7 Å². The van der Waals surface area contributed by atoms with E-state index in [4.69, 9.17) is 9.47 Å². The largest absolute Gasteiger partial charge is 0.493 e. The maximum absolute atomic E-state index is 13.8. The third-order valence-corrected chi connectivity index (χ3v) is 7.37. The van der Waals surface area contributed by atoms with E-state index in [1.165, 1.54) is 36.3 Å². The summed E-state index contributed by atoms with van der Waals surface area (Å²) in [5.41, 5.74) is 2.32. The van der Waals surface area contributed by atoms with Gasteiger partial charge in [-0.05, 0) is 84.3 Å². The van der Waals surface area contributed by atoms with Crippen LogP contribution in [0.2, 0.25) is 0 Å². The second-order valence-electron chi connectivity index (χ2n) is 9.92. The van der Waals surface area contributed by atoms with E-state index < -0.39 is 30.0 Å². The molecule has 0 saturated heterocycles. The van der Waals surface area contributed by atoms with Crippen LogP contribution in [0.5, 0.6) is 11.5 Å². The summed E-state index contributed by atoms with van der Waals surface area (Å²) >= 11 is 2.03. The van der Waals surface area contributed by atoms with Crippen molar-refractivity contribution in [3.63, 3.8) is 0 Å². The molecule has 41 heavy (non-hydrogen) atoms. The number of carbonyl (C=O) groups is 2. The molecule has 0 heterocycles. The Bertz CT molecular complexity index is 1300. The SMILES string of the molecule is COc1cc(CO)cc(I)c1O[C@H]1C=C(C(=O)NCCO)C[C@@H](N(CCc2cccc(F)c2)C(=O)C=C(C)C)[C@@H]1O. The molecule has 3 rings (SSSR count). The lowest BCUT2D eigenvalue weighted by Crippen LogP contribution is -2.55. The summed E-state index contributed by atoms with van der Waals surface area (Å²) in [6, 6.07) is 8.55. The molecule has 2 aromatic carbocycles. The number of aliphatic hydroxyl groups is 3. The van der Waals surface area contributed by atoms with Crippen molar-refractivity contribution >= 4 is 34.4 Å². The Morgan fingerprint density at radius 2 is 1.95 bits per heavy atom. The van der Waals surface area contributed by atoms with E-state index in [0.29, 0.717) is 32.6 Å². The first-order valence-corrected chi connectivity index (χ1v) is 14.3. The molecule has 0 unspecified atom stereocenters. The molecule has 4 N–H and O–H groups in total. The maximum atomic E-state index is 13.8. The minimum Gasteiger partial charge on any atom is -0.493 e. The van der Waals surface area contributed by atoms with E-state index in [0.717, 1.165) is 5.57 Å². The van der Waals surface area contributed by atoms with Crippen molar-refractivity contribution in [1.82, 2.24) is 10.2 Å². The summed E-state index contributed by atoms with van der Waals surface area (Å²) in [7, 11) is 1.45. The smallest absolute Gasteiger partial charge is 0.247 e. The van der Waals surface area contributed by atoms with Crippen LogP contribution in [0.4, 0.5) is 4.39 Å². The van der Waals surface area contributed by atoms with Crippen molar-refractivity contribution in [3.05, 3.63) is 80.2 Å². The zero-order chi connectivity index (χ0) is 30.1. The van der Waals surface area contributed by atoms with Gasteiger partial charge in [-0.15, -0.1) is 0 Å². The van der Waals surface area contributed by atoms with Crippen molar-refractivity contribution in [3.8, 4) is 11.5 Å². The number of benzene rings is 2. The highest BCUT2D eigenvalue weighted by molar-refractivity contribution is 14.1. The molecular weight excluding hydrogens is 646 g/mol. The zero-order valence-electron chi connectivity index (χ0n) is 23.3. The fourth-order valence-electron chi connectivity index (χ4n) is 4.61. The molecule has 11 heteroatoms. The zero-order valence-corrected chi connectivity index (χ0v) is 25.4. The van der Waals surface area contributed by atoms with Crippen LogP contribution in [0.1, 0.15) is 31.4 Å². The number of halogens is 2. The molecule has 0 spiro atoms. The van der Waals surface area contributed by atoms with Gasteiger partial charge in [0.15, 0.2) is 11.5 Å². The number of amides is 2. The molecule has 0 fully saturated rings. The van der Waals surface area contributed by atoms with E-state index in [1.54, 1.807) is 38.1 Å². The lowest BCUT2D eigenvalue weighted by molar-refractivity contribution is -0.133. The molecule has 0 radical (unpaired) electrons. The van der Waals surface area contributed by atoms with Gasteiger partial charge in [0.25, 0.3) is 0 Å². The molecule has 9 nitrogen and oxygen atoms in total. The number of nitrogens with zero attached hydrogens (tertiary/aromatic N) is 1. The Labute approximate surface area is 252 Å². The van der Waals surface area contributed by atoms with Gasteiger partial charge in [0, 0.05) is 31.2 Å². The van der Waals surface area contributed by atoms with E-state index in [-0.39, 0.29) is 44.2 Å². The fraction of sp³-hybridized carbons (Fsp3) is 0.400. The van der Waals surface area contributed by atoms with E-state index in [1.807, 2.05) is 22.6 Å². The highest BCUT2D eigenvalue weighted by Crippen LogP contribution is 2.37. The number of rotatable bonds is 12. The second kappa shape index (κ2) is 15.3. The topological polar surface area (TPSA) is 129 Å². The molecule has 0 aromatic heterocycles. The third-order valence-electron chi connectivity index (χ3n) is 6.57. The maximum Gasteiger partial charge on any atom is 0.247 e. The van der Waals surface area contributed by atoms with Crippen molar-refractivity contribution in [2.24, 2.45) is 0 Å². The van der Waals surface area contributed by atoms with Crippen LogP contribution in [0, 0.1) is 9.39 Å². The van der Waals surface area contributed by atoms with Gasteiger partial charge in [-0.25, -0.2) is 4.39 Å². The fourth-order valence-corrected chi connectivity index (χ4v) is 5.40. The molecule has 0 aliphatic heterocycles. The molecule has 2 aromatic rings. The van der Waals surface area contributed by atoms with E-state index in [2.05, 4.69) is 5.32 Å². The molecule has 1 aliphatic rings. The van der Waals surface area contributed by atoms with Gasteiger partial charge in [-0.3, -0.25) is 9.59 Å². The number of hydrogen-bond donors (Lipinski definition) is 4. The molecule has 0 bridgehead atoms. The van der Waals surface area contributed by atoms with Crippen LogP contribution in [-0.4, -0.2) is 77.1 Å². The predicted octanol–water partition coefficient (Wildman–Crippen LogP) is 2.88. The second-order valence-corrected chi connectivity index (χ2v) is 11.1. The summed E-state index contributed by atoms with van der Waals surface area (Å²) in [5, 5.41) is 33.0. The Balaban J connectivity index is 2.02. The van der Waals surface area contributed by atoms with Gasteiger partial charge in [0.1, 0.15) is 18.0 Å². The van der Waals surface area contributed by atoms with Gasteiger partial charge in [-0.1, -0.05) is 17.7 Å². The third kappa shape index (κ3) is 8.74. The number of methoxy groups -OCH3 is 1. The minimum atomic E-state index is -1.25. The van der Waals surface area contributed by atoms with Crippen LogP contribution >= 0.6 is 22.6 Å². The number of aliphatic hydroxyl groups excluding tert-OH is 3. The van der Waals surface area contributed by atoms with Crippen molar-refractivity contribution < 1.29 is 38.8 Å². The summed E-state index contributed by atoms with van der Waals surface area (Å²) in [4.78, 5) is 28.0. The summed E-state index contributed by atoms with van der Waals surface area (Å²) < 4.78 is 26.2. The highest BCUT2D eigenvalue weighted by Gasteiger charge is 2.40. The Morgan fingerprint density at radius 3 is 2.59 bits per heavy atom. The van der Waals surface area contributed by atoms with Crippen LogP contribution in [0.3, 0.4) is 0 Å². The van der Waals surface area contributed by atoms with Crippen molar-refractivity contribution in [2.45, 2.75) is 51.5 Å². The Morgan fingerprint density at radius 1 is 1.20 bits per heavy atom. The average molecular weight is 683 g/mol. The number of allylic oxidation sites excluding steroid dienone is 1. The van der Waals surface area contributed by atoms with Crippen LogP contribution in [0.25, 0.3) is 0 Å². The highest BCUT2D eigenvalue weighted by atomic mass is 127. The molecule has 1 aliphatic carbocycles. The lowest BCUT2D eigenvalue weighted by Gasteiger charge is -2.40. The normalized spacial score (nSPS) is 18.2. The summed E-state index contributed by atoms with van der Waals surface area (Å²) in [6.07, 6.45) is 1.02. The predicted molar refractivity (Wildman–Crippen MR) is 160 cm³/mol. The van der Waals surface area contributed by atoms with Gasteiger partial charge in [0.05, 0.1) is 29.9 Å². The van der Waals surface area contributed by atoms with Crippen LogP contribution in [-0.2, 0) is 22.6 Å². The van der Waals surface area contributed by atoms with E-state index in [9.17, 15) is 29.3 Å². The monoisotopic (exact) mass is 682 g/mol. The molecule has 3 atom stereocenters. The Hall–Kier alpha value is -3.00. The summed E-state index contributed by atoms with van der Waals surface area (Å²) in [5.74, 6) is -0.568. The summed E-state index contributed by atoms with van der Waals surface area (Å²) in [6.45, 7) is 3.29. The molecule has 222 valence electrons. The minimum absolute atomic E-state index is 0.0292. The molecular formula is C30H36FIN2O7. The van der Waals surface area contributed by atoms with Crippen molar-refractivity contribution in [1.29, 1.82) is 0 Å².